The van der Waals surface area contributed by atoms with E-state index in [0.717, 1.165) is 6.42 Å². The van der Waals surface area contributed by atoms with Crippen LogP contribution in [0.1, 0.15) is 27.2 Å². The Morgan fingerprint density at radius 3 is 2.50 bits per heavy atom. The number of rotatable bonds is 5. The Labute approximate surface area is 63.4 Å². The first-order chi connectivity index (χ1) is 4.66. The van der Waals surface area contributed by atoms with Crippen LogP contribution in [0.3, 0.4) is 0 Å². The van der Waals surface area contributed by atoms with Gasteiger partial charge in [0.15, 0.2) is 0 Å². The summed E-state index contributed by atoms with van der Waals surface area (Å²) in [6.07, 6.45) is 1.35. The van der Waals surface area contributed by atoms with Gasteiger partial charge in [0.25, 0.3) is 0 Å². The Kier molecular flexibility index (Phi) is 5.58. The Hall–Kier alpha value is -0.120. The van der Waals surface area contributed by atoms with Gasteiger partial charge in [-0.3, -0.25) is 10.6 Å². The topological polar surface area (TPSA) is 50.1 Å². The summed E-state index contributed by atoms with van der Waals surface area (Å²) in [6.45, 7) is 8.06. The second kappa shape index (κ2) is 5.65. The molecule has 1 radical (unpaired) electrons. The molecule has 61 valence electrons. The molecule has 2 unspecified atom stereocenters. The molecule has 0 saturated heterocycles. The van der Waals surface area contributed by atoms with E-state index in [-0.39, 0.29) is 12.3 Å². The van der Waals surface area contributed by atoms with Crippen molar-refractivity contribution in [1.29, 1.82) is 0 Å². The van der Waals surface area contributed by atoms with Crippen LogP contribution in [0.5, 0.6) is 0 Å². The molecule has 0 amide bonds. The van der Waals surface area contributed by atoms with Crippen LogP contribution in [-0.2, 0) is 0 Å². The van der Waals surface area contributed by atoms with Gasteiger partial charge in [-0.2, -0.15) is 0 Å². The molecule has 0 aromatic carbocycles. The van der Waals surface area contributed by atoms with E-state index in [0.29, 0.717) is 0 Å². The highest BCUT2D eigenvalue weighted by Gasteiger charge is 1.99. The van der Waals surface area contributed by atoms with E-state index in [2.05, 4.69) is 17.6 Å². The van der Waals surface area contributed by atoms with E-state index in [9.17, 15) is 0 Å². The van der Waals surface area contributed by atoms with Crippen LogP contribution >= 0.6 is 0 Å². The third-order valence-electron chi connectivity index (χ3n) is 1.08. The number of hydrogen-bond acceptors (Lipinski definition) is 3. The maximum absolute atomic E-state index is 5.50. The Morgan fingerprint density at radius 1 is 1.50 bits per heavy atom. The van der Waals surface area contributed by atoms with Crippen molar-refractivity contribution in [3.05, 3.63) is 6.54 Å². The molecule has 0 heterocycles. The monoisotopic (exact) mass is 144 g/mol. The van der Waals surface area contributed by atoms with Gasteiger partial charge in [-0.05, 0) is 20.3 Å². The molecule has 2 atom stereocenters. The first kappa shape index (κ1) is 9.88. The molecule has 0 aliphatic rings. The van der Waals surface area contributed by atoms with Gasteiger partial charge in [0.2, 0.25) is 0 Å². The van der Waals surface area contributed by atoms with Crippen molar-refractivity contribution in [3.8, 4) is 0 Å². The van der Waals surface area contributed by atoms with Crippen molar-refractivity contribution in [2.24, 2.45) is 5.73 Å². The number of hydrogen-bond donors (Lipinski definition) is 3. The first-order valence-corrected chi connectivity index (χ1v) is 3.76. The van der Waals surface area contributed by atoms with Gasteiger partial charge in [0.1, 0.15) is 0 Å². The molecule has 3 heteroatoms. The zero-order chi connectivity index (χ0) is 7.98. The van der Waals surface area contributed by atoms with Gasteiger partial charge in [-0.25, -0.2) is 0 Å². The fourth-order valence-corrected chi connectivity index (χ4v) is 0.737. The van der Waals surface area contributed by atoms with Crippen LogP contribution in [0, 0.1) is 6.54 Å². The third kappa shape index (κ3) is 6.01. The van der Waals surface area contributed by atoms with Crippen LogP contribution < -0.4 is 16.4 Å². The Balaban J connectivity index is 3.16. The lowest BCUT2D eigenvalue weighted by molar-refractivity contribution is 0.430. The average molecular weight is 144 g/mol. The van der Waals surface area contributed by atoms with E-state index >= 15 is 0 Å². The molecule has 4 N–H and O–H groups in total. The molecule has 0 bridgehead atoms. The lowest BCUT2D eigenvalue weighted by Crippen LogP contribution is -2.46. The van der Waals surface area contributed by atoms with Gasteiger partial charge < -0.3 is 5.73 Å². The summed E-state index contributed by atoms with van der Waals surface area (Å²) in [6, 6.07) is 0. The van der Waals surface area contributed by atoms with Crippen molar-refractivity contribution >= 4 is 0 Å². The predicted octanol–water partition coefficient (Wildman–Crippen LogP) is 0.388. The standard InChI is InChI=1S/C7H18N3/c1-4-5-9-7(3)10-6(2)8/h5-7,9-10H,4,8H2,1-3H3. The first-order valence-electron chi connectivity index (χ1n) is 3.76. The maximum Gasteiger partial charge on any atom is 0.0557 e. The highest BCUT2D eigenvalue weighted by atomic mass is 15.2. The minimum atomic E-state index is 0.0488. The minimum Gasteiger partial charge on any atom is -0.316 e. The SMILES string of the molecule is CC[CH]NC(C)NC(C)N. The predicted molar refractivity (Wildman–Crippen MR) is 44.0 cm³/mol. The van der Waals surface area contributed by atoms with E-state index in [1.807, 2.05) is 20.4 Å². The second-order valence-electron chi connectivity index (χ2n) is 2.46. The van der Waals surface area contributed by atoms with Crippen LogP contribution in [0.15, 0.2) is 0 Å². The lowest BCUT2D eigenvalue weighted by atomic mass is 10.4. The molecule has 0 rings (SSSR count). The lowest BCUT2D eigenvalue weighted by Gasteiger charge is -2.17. The van der Waals surface area contributed by atoms with Crippen molar-refractivity contribution in [2.45, 2.75) is 39.5 Å². The van der Waals surface area contributed by atoms with Crippen molar-refractivity contribution in [3.63, 3.8) is 0 Å². The molecule has 3 nitrogen and oxygen atoms in total. The van der Waals surface area contributed by atoms with Crippen LogP contribution in [0.2, 0.25) is 0 Å². The highest BCUT2D eigenvalue weighted by molar-refractivity contribution is 4.66. The van der Waals surface area contributed by atoms with Gasteiger partial charge in [-0.1, -0.05) is 6.92 Å². The fourth-order valence-electron chi connectivity index (χ4n) is 0.737. The number of nitrogens with two attached hydrogens (primary N) is 1. The molecule has 0 aliphatic heterocycles. The summed E-state index contributed by atoms with van der Waals surface area (Å²) in [7, 11) is 0. The summed E-state index contributed by atoms with van der Waals surface area (Å²) in [5.41, 5.74) is 5.50. The Bertz CT molecular complexity index is 73.3. The van der Waals surface area contributed by atoms with Crippen molar-refractivity contribution in [2.75, 3.05) is 0 Å². The zero-order valence-electron chi connectivity index (χ0n) is 7.02. The molecule has 0 saturated carbocycles. The fraction of sp³-hybridized carbons (Fsp3) is 0.857. The smallest absolute Gasteiger partial charge is 0.0557 e. The zero-order valence-corrected chi connectivity index (χ0v) is 7.02. The van der Waals surface area contributed by atoms with Gasteiger partial charge in [-0.15, -0.1) is 0 Å². The second-order valence-corrected chi connectivity index (χ2v) is 2.46. The van der Waals surface area contributed by atoms with Crippen LogP contribution in [-0.4, -0.2) is 12.3 Å². The van der Waals surface area contributed by atoms with E-state index < -0.39 is 0 Å². The largest absolute Gasteiger partial charge is 0.316 e. The summed E-state index contributed by atoms with van der Waals surface area (Å²) in [5, 5.41) is 6.26. The van der Waals surface area contributed by atoms with Crippen molar-refractivity contribution in [1.82, 2.24) is 10.6 Å². The van der Waals surface area contributed by atoms with Gasteiger partial charge in [0.05, 0.1) is 12.3 Å². The molecule has 0 aromatic heterocycles. The maximum atomic E-state index is 5.50. The summed E-state index contributed by atoms with van der Waals surface area (Å²) in [4.78, 5) is 0. The molecule has 0 aliphatic carbocycles. The molecule has 0 aromatic rings. The quantitative estimate of drug-likeness (QED) is 0.489. The third-order valence-corrected chi connectivity index (χ3v) is 1.08. The minimum absolute atomic E-state index is 0.0488. The molecule has 10 heavy (non-hydrogen) atoms. The van der Waals surface area contributed by atoms with E-state index in [1.54, 1.807) is 0 Å². The summed E-state index contributed by atoms with van der Waals surface area (Å²) in [5.74, 6) is 0. The highest BCUT2D eigenvalue weighted by Crippen LogP contribution is 1.82. The Morgan fingerprint density at radius 2 is 2.10 bits per heavy atom. The van der Waals surface area contributed by atoms with E-state index in [1.165, 1.54) is 0 Å². The summed E-state index contributed by atoms with van der Waals surface area (Å²) >= 11 is 0. The van der Waals surface area contributed by atoms with Gasteiger partial charge >= 0.3 is 0 Å². The summed E-state index contributed by atoms with van der Waals surface area (Å²) < 4.78 is 0. The molecular weight excluding hydrogens is 126 g/mol. The van der Waals surface area contributed by atoms with E-state index in [4.69, 9.17) is 5.73 Å². The average Bonchev–Trinajstić information content (AvgIpc) is 1.82. The van der Waals surface area contributed by atoms with Crippen LogP contribution in [0.4, 0.5) is 0 Å². The molecular formula is C7H18N3. The van der Waals surface area contributed by atoms with Gasteiger partial charge in [0, 0.05) is 6.54 Å². The normalized spacial score (nSPS) is 16.8. The molecule has 0 fully saturated rings. The number of nitrogens with one attached hydrogen (secondary N) is 2. The van der Waals surface area contributed by atoms with Crippen LogP contribution in [0.25, 0.3) is 0 Å². The van der Waals surface area contributed by atoms with Crippen molar-refractivity contribution < 1.29 is 0 Å². The molecule has 0 spiro atoms.